The van der Waals surface area contributed by atoms with Gasteiger partial charge in [-0.25, -0.2) is 4.79 Å². The number of carboxylic acid groups (broad SMARTS) is 1. The summed E-state index contributed by atoms with van der Waals surface area (Å²) in [6.07, 6.45) is 6.78. The highest BCUT2D eigenvalue weighted by molar-refractivity contribution is 5.65. The summed E-state index contributed by atoms with van der Waals surface area (Å²) in [4.78, 5) is 17.2. The van der Waals surface area contributed by atoms with Crippen LogP contribution in [0.4, 0.5) is 4.79 Å². The highest BCUT2D eigenvalue weighted by Crippen LogP contribution is 2.36. The summed E-state index contributed by atoms with van der Waals surface area (Å²) in [6.45, 7) is 1.07. The molecule has 2 aromatic rings. The average Bonchev–Trinajstić information content (AvgIpc) is 2.62. The first-order valence-corrected chi connectivity index (χ1v) is 7.83. The number of hydrogen-bond donors (Lipinski definition) is 1. The van der Waals surface area contributed by atoms with Gasteiger partial charge in [0.2, 0.25) is 0 Å². The standard InChI is InChI=1S/C19H20N2O2/c22-18(23)21-14-11-19(12-15-21,17-8-4-5-13-20-17)10-9-16-6-2-1-3-7-16/h1-10,13H,11-12,14-15H2,(H,22,23)/b10-9+. The molecule has 4 nitrogen and oxygen atoms in total. The maximum absolute atomic E-state index is 11.2. The Labute approximate surface area is 136 Å². The number of amides is 1. The van der Waals surface area contributed by atoms with Crippen molar-refractivity contribution in [1.82, 2.24) is 9.88 Å². The van der Waals surface area contributed by atoms with Gasteiger partial charge in [0.25, 0.3) is 0 Å². The van der Waals surface area contributed by atoms with E-state index in [9.17, 15) is 9.90 Å². The molecular formula is C19H20N2O2. The quantitative estimate of drug-likeness (QED) is 0.938. The van der Waals surface area contributed by atoms with Gasteiger partial charge >= 0.3 is 6.09 Å². The van der Waals surface area contributed by atoms with E-state index >= 15 is 0 Å². The minimum absolute atomic E-state index is 0.205. The van der Waals surface area contributed by atoms with Crippen LogP contribution in [0, 0.1) is 0 Å². The molecule has 1 aliphatic rings. The Bertz CT molecular complexity index is 675. The molecule has 23 heavy (non-hydrogen) atoms. The molecule has 0 unspecified atom stereocenters. The molecule has 1 saturated heterocycles. The van der Waals surface area contributed by atoms with Crippen LogP contribution in [0.25, 0.3) is 6.08 Å². The van der Waals surface area contributed by atoms with Crippen LogP contribution in [0.1, 0.15) is 24.1 Å². The van der Waals surface area contributed by atoms with Crippen LogP contribution in [0.5, 0.6) is 0 Å². The lowest BCUT2D eigenvalue weighted by molar-refractivity contribution is 0.123. The minimum atomic E-state index is -0.841. The highest BCUT2D eigenvalue weighted by Gasteiger charge is 2.36. The Morgan fingerprint density at radius 3 is 2.39 bits per heavy atom. The van der Waals surface area contributed by atoms with Crippen LogP contribution in [0.15, 0.2) is 60.8 Å². The van der Waals surface area contributed by atoms with Gasteiger partial charge in [-0.3, -0.25) is 4.98 Å². The number of allylic oxidation sites excluding steroid dienone is 1. The van der Waals surface area contributed by atoms with E-state index in [-0.39, 0.29) is 5.41 Å². The van der Waals surface area contributed by atoms with Crippen molar-refractivity contribution in [1.29, 1.82) is 0 Å². The first kappa shape index (κ1) is 15.3. The molecule has 2 heterocycles. The zero-order valence-corrected chi connectivity index (χ0v) is 12.9. The molecule has 1 amide bonds. The molecule has 0 spiro atoms. The predicted octanol–water partition coefficient (Wildman–Crippen LogP) is 3.81. The van der Waals surface area contributed by atoms with Gasteiger partial charge in [-0.05, 0) is 30.5 Å². The topological polar surface area (TPSA) is 53.4 Å². The minimum Gasteiger partial charge on any atom is -0.465 e. The van der Waals surface area contributed by atoms with Gasteiger partial charge in [0.05, 0.1) is 5.69 Å². The Hall–Kier alpha value is -2.62. The lowest BCUT2D eigenvalue weighted by Crippen LogP contribution is -2.44. The van der Waals surface area contributed by atoms with E-state index in [1.165, 1.54) is 4.90 Å². The van der Waals surface area contributed by atoms with E-state index in [4.69, 9.17) is 0 Å². The fraction of sp³-hybridized carbons (Fsp3) is 0.263. The van der Waals surface area contributed by atoms with Crippen molar-refractivity contribution in [3.63, 3.8) is 0 Å². The monoisotopic (exact) mass is 308 g/mol. The van der Waals surface area contributed by atoms with Gasteiger partial charge in [0, 0.05) is 24.7 Å². The van der Waals surface area contributed by atoms with Crippen LogP contribution < -0.4 is 0 Å². The van der Waals surface area contributed by atoms with Crippen molar-refractivity contribution >= 4 is 12.2 Å². The lowest BCUT2D eigenvalue weighted by atomic mass is 9.75. The van der Waals surface area contributed by atoms with E-state index in [2.05, 4.69) is 29.3 Å². The van der Waals surface area contributed by atoms with Crippen LogP contribution in [0.2, 0.25) is 0 Å². The number of benzene rings is 1. The summed E-state index contributed by atoms with van der Waals surface area (Å²) in [7, 11) is 0. The highest BCUT2D eigenvalue weighted by atomic mass is 16.4. The first-order chi connectivity index (χ1) is 11.2. The third-order valence-electron chi connectivity index (χ3n) is 4.50. The predicted molar refractivity (Wildman–Crippen MR) is 90.2 cm³/mol. The number of nitrogens with zero attached hydrogens (tertiary/aromatic N) is 2. The van der Waals surface area contributed by atoms with Gasteiger partial charge < -0.3 is 10.0 Å². The normalized spacial score (nSPS) is 17.3. The fourth-order valence-corrected chi connectivity index (χ4v) is 3.08. The van der Waals surface area contributed by atoms with Gasteiger partial charge in [-0.15, -0.1) is 0 Å². The van der Waals surface area contributed by atoms with Crippen LogP contribution >= 0.6 is 0 Å². The molecule has 4 heteroatoms. The summed E-state index contributed by atoms with van der Waals surface area (Å²) in [6, 6.07) is 16.1. The molecule has 1 fully saturated rings. The Balaban J connectivity index is 1.89. The molecule has 0 bridgehead atoms. The molecule has 1 aliphatic heterocycles. The largest absolute Gasteiger partial charge is 0.465 e. The van der Waals surface area contributed by atoms with Crippen molar-refractivity contribution in [2.45, 2.75) is 18.3 Å². The van der Waals surface area contributed by atoms with Crippen molar-refractivity contribution in [3.05, 3.63) is 72.1 Å². The second-order valence-corrected chi connectivity index (χ2v) is 5.88. The van der Waals surface area contributed by atoms with Crippen molar-refractivity contribution < 1.29 is 9.90 Å². The van der Waals surface area contributed by atoms with E-state index in [0.717, 1.165) is 24.1 Å². The molecule has 3 rings (SSSR count). The van der Waals surface area contributed by atoms with Crippen LogP contribution in [0.3, 0.4) is 0 Å². The summed E-state index contributed by atoms with van der Waals surface area (Å²) in [5.41, 5.74) is 1.95. The Kier molecular flexibility index (Phi) is 4.42. The van der Waals surface area contributed by atoms with Gasteiger partial charge in [0.1, 0.15) is 0 Å². The first-order valence-electron chi connectivity index (χ1n) is 7.83. The number of piperidine rings is 1. The molecule has 1 N–H and O–H groups in total. The summed E-state index contributed by atoms with van der Waals surface area (Å²) in [5.74, 6) is 0. The number of likely N-dealkylation sites (tertiary alicyclic amines) is 1. The van der Waals surface area contributed by atoms with E-state index in [1.807, 2.05) is 36.4 Å². The number of carbonyl (C=O) groups is 1. The Morgan fingerprint density at radius 1 is 1.09 bits per heavy atom. The van der Waals surface area contributed by atoms with Crippen LogP contribution in [-0.4, -0.2) is 34.2 Å². The van der Waals surface area contributed by atoms with Gasteiger partial charge in [0.15, 0.2) is 0 Å². The smallest absolute Gasteiger partial charge is 0.407 e. The molecule has 0 saturated carbocycles. The third kappa shape index (κ3) is 3.42. The zero-order chi connectivity index (χ0) is 16.1. The second-order valence-electron chi connectivity index (χ2n) is 5.88. The number of hydrogen-bond acceptors (Lipinski definition) is 2. The van der Waals surface area contributed by atoms with Gasteiger partial charge in [-0.1, -0.05) is 48.6 Å². The average molecular weight is 308 g/mol. The molecular weight excluding hydrogens is 288 g/mol. The third-order valence-corrected chi connectivity index (χ3v) is 4.50. The maximum atomic E-state index is 11.2. The van der Waals surface area contributed by atoms with Crippen LogP contribution in [-0.2, 0) is 5.41 Å². The second kappa shape index (κ2) is 6.65. The number of aromatic nitrogens is 1. The lowest BCUT2D eigenvalue weighted by Gasteiger charge is -2.38. The van der Waals surface area contributed by atoms with Crippen molar-refractivity contribution in [3.8, 4) is 0 Å². The molecule has 1 aromatic carbocycles. The zero-order valence-electron chi connectivity index (χ0n) is 12.9. The number of rotatable bonds is 3. The molecule has 1 aromatic heterocycles. The van der Waals surface area contributed by atoms with Crippen molar-refractivity contribution in [2.24, 2.45) is 0 Å². The van der Waals surface area contributed by atoms with Crippen molar-refractivity contribution in [2.75, 3.05) is 13.1 Å². The fourth-order valence-electron chi connectivity index (χ4n) is 3.08. The molecule has 0 aliphatic carbocycles. The SMILES string of the molecule is O=C(O)N1CCC(/C=C/c2ccccc2)(c2ccccn2)CC1. The molecule has 118 valence electrons. The van der Waals surface area contributed by atoms with E-state index < -0.39 is 6.09 Å². The van der Waals surface area contributed by atoms with Gasteiger partial charge in [-0.2, -0.15) is 0 Å². The maximum Gasteiger partial charge on any atom is 0.407 e. The van der Waals surface area contributed by atoms with E-state index in [0.29, 0.717) is 13.1 Å². The Morgan fingerprint density at radius 2 is 1.78 bits per heavy atom. The summed E-state index contributed by atoms with van der Waals surface area (Å²) < 4.78 is 0. The summed E-state index contributed by atoms with van der Waals surface area (Å²) >= 11 is 0. The number of pyridine rings is 1. The molecule has 0 atom stereocenters. The van der Waals surface area contributed by atoms with E-state index in [1.54, 1.807) is 6.20 Å². The summed E-state index contributed by atoms with van der Waals surface area (Å²) in [5, 5.41) is 9.18. The molecule has 0 radical (unpaired) electrons.